The van der Waals surface area contributed by atoms with Crippen LogP contribution in [0.1, 0.15) is 59.8 Å². The molecule has 0 aromatic heterocycles. The molecule has 1 heterocycles. The third-order valence-corrected chi connectivity index (χ3v) is 5.08. The van der Waals surface area contributed by atoms with Gasteiger partial charge < -0.3 is 4.74 Å². The second kappa shape index (κ2) is 5.26. The summed E-state index contributed by atoms with van der Waals surface area (Å²) in [5.74, 6) is 0.164. The van der Waals surface area contributed by atoms with Crippen molar-refractivity contribution in [2.24, 2.45) is 23.2 Å². The number of hydrogen-bond acceptors (Lipinski definition) is 3. The summed E-state index contributed by atoms with van der Waals surface area (Å²) in [7, 11) is 0. The zero-order valence-electron chi connectivity index (χ0n) is 12.6. The molecule has 4 atom stereocenters. The lowest BCUT2D eigenvalue weighted by Crippen LogP contribution is -2.29. The van der Waals surface area contributed by atoms with Crippen LogP contribution in [-0.2, 0) is 14.3 Å². The lowest BCUT2D eigenvalue weighted by molar-refractivity contribution is -0.154. The summed E-state index contributed by atoms with van der Waals surface area (Å²) >= 11 is 0. The van der Waals surface area contributed by atoms with E-state index in [-0.39, 0.29) is 35.1 Å². The molecule has 3 heteroatoms. The number of fused-ring (bicyclic) bond motifs is 1. The standard InChI is InChI=1S/C16H26O3/c1-5-7-8-10(6-2)12-9-11(17)13-14(15(18)19-12)16(13,3)4/h10,12-14H,5-9H2,1-4H3. The van der Waals surface area contributed by atoms with Gasteiger partial charge in [0.15, 0.2) is 0 Å². The van der Waals surface area contributed by atoms with Crippen molar-refractivity contribution in [3.8, 4) is 0 Å². The van der Waals surface area contributed by atoms with Crippen LogP contribution < -0.4 is 0 Å². The van der Waals surface area contributed by atoms with Gasteiger partial charge in [0.05, 0.1) is 5.92 Å². The summed E-state index contributed by atoms with van der Waals surface area (Å²) in [4.78, 5) is 24.4. The number of ether oxygens (including phenoxy) is 1. The molecule has 0 radical (unpaired) electrons. The van der Waals surface area contributed by atoms with Gasteiger partial charge in [-0.25, -0.2) is 0 Å². The smallest absolute Gasteiger partial charge is 0.310 e. The minimum atomic E-state index is -0.186. The highest BCUT2D eigenvalue weighted by Gasteiger charge is 2.67. The van der Waals surface area contributed by atoms with Crippen LogP contribution in [0.3, 0.4) is 0 Å². The summed E-state index contributed by atoms with van der Waals surface area (Å²) in [6, 6.07) is 0. The Balaban J connectivity index is 2.06. The number of ketones is 1. The SMILES string of the molecule is CCCCC(CC)C1CC(=O)C2C(C(=O)O1)C2(C)C. The van der Waals surface area contributed by atoms with E-state index >= 15 is 0 Å². The van der Waals surface area contributed by atoms with Gasteiger partial charge in [0.2, 0.25) is 0 Å². The molecule has 3 nitrogen and oxygen atoms in total. The van der Waals surface area contributed by atoms with Crippen molar-refractivity contribution in [2.45, 2.75) is 65.9 Å². The van der Waals surface area contributed by atoms with Crippen LogP contribution in [0.5, 0.6) is 0 Å². The fraction of sp³-hybridized carbons (Fsp3) is 0.875. The molecule has 0 aromatic carbocycles. The van der Waals surface area contributed by atoms with Gasteiger partial charge in [-0.1, -0.05) is 40.5 Å². The Hall–Kier alpha value is -0.860. The molecule has 0 aromatic rings. The van der Waals surface area contributed by atoms with Gasteiger partial charge >= 0.3 is 5.97 Å². The number of esters is 1. The number of cyclic esters (lactones) is 1. The normalized spacial score (nSPS) is 34.2. The molecular weight excluding hydrogens is 240 g/mol. The van der Waals surface area contributed by atoms with Crippen LogP contribution in [0.25, 0.3) is 0 Å². The Morgan fingerprint density at radius 1 is 1.26 bits per heavy atom. The lowest BCUT2D eigenvalue weighted by Gasteiger charge is -2.25. The number of Topliss-reactive ketones (excluding diaryl/α,β-unsaturated/α-hetero) is 1. The molecule has 4 unspecified atom stereocenters. The van der Waals surface area contributed by atoms with Crippen molar-refractivity contribution in [2.75, 3.05) is 0 Å². The van der Waals surface area contributed by atoms with Gasteiger partial charge in [-0.15, -0.1) is 0 Å². The number of unbranched alkanes of at least 4 members (excludes halogenated alkanes) is 1. The second-order valence-corrected chi connectivity index (χ2v) is 6.73. The van der Waals surface area contributed by atoms with Crippen LogP contribution in [0.4, 0.5) is 0 Å². The van der Waals surface area contributed by atoms with Crippen molar-refractivity contribution < 1.29 is 14.3 Å². The van der Waals surface area contributed by atoms with Gasteiger partial charge in [0.1, 0.15) is 11.9 Å². The van der Waals surface area contributed by atoms with Crippen molar-refractivity contribution in [3.63, 3.8) is 0 Å². The fourth-order valence-corrected chi connectivity index (χ4v) is 3.65. The predicted molar refractivity (Wildman–Crippen MR) is 73.6 cm³/mol. The number of carbonyl (C=O) groups excluding carboxylic acids is 2. The first-order valence-electron chi connectivity index (χ1n) is 7.66. The third-order valence-electron chi connectivity index (χ3n) is 5.08. The first kappa shape index (κ1) is 14.5. The molecule has 2 fully saturated rings. The fourth-order valence-electron chi connectivity index (χ4n) is 3.65. The zero-order valence-corrected chi connectivity index (χ0v) is 12.6. The van der Waals surface area contributed by atoms with Gasteiger partial charge in [-0.3, -0.25) is 9.59 Å². The molecule has 1 aliphatic carbocycles. The Morgan fingerprint density at radius 3 is 2.53 bits per heavy atom. The Labute approximate surface area is 116 Å². The maximum atomic E-state index is 12.3. The number of hydrogen-bond donors (Lipinski definition) is 0. The monoisotopic (exact) mass is 266 g/mol. The first-order valence-corrected chi connectivity index (χ1v) is 7.66. The Bertz CT molecular complexity index is 346. The van der Waals surface area contributed by atoms with Crippen molar-refractivity contribution in [3.05, 3.63) is 0 Å². The predicted octanol–water partition coefficient (Wildman–Crippen LogP) is 3.36. The van der Waals surface area contributed by atoms with E-state index in [0.29, 0.717) is 12.3 Å². The Morgan fingerprint density at radius 2 is 1.95 bits per heavy atom. The van der Waals surface area contributed by atoms with Crippen LogP contribution in [0, 0.1) is 23.2 Å². The van der Waals surface area contributed by atoms with E-state index in [1.54, 1.807) is 0 Å². The van der Waals surface area contributed by atoms with Crippen molar-refractivity contribution in [1.82, 2.24) is 0 Å². The molecule has 0 bridgehead atoms. The summed E-state index contributed by atoms with van der Waals surface area (Å²) in [5, 5.41) is 0. The van der Waals surface area contributed by atoms with Gasteiger partial charge in [0, 0.05) is 12.3 Å². The van der Waals surface area contributed by atoms with E-state index in [1.807, 2.05) is 13.8 Å². The average Bonchev–Trinajstić information content (AvgIpc) is 2.95. The molecule has 2 aliphatic rings. The van der Waals surface area contributed by atoms with Crippen LogP contribution in [0.15, 0.2) is 0 Å². The van der Waals surface area contributed by atoms with E-state index in [1.165, 1.54) is 0 Å². The minimum absolute atomic E-state index is 0.0892. The highest BCUT2D eigenvalue weighted by atomic mass is 16.5. The molecule has 1 saturated heterocycles. The molecule has 1 aliphatic heterocycles. The summed E-state index contributed by atoms with van der Waals surface area (Å²) in [6.45, 7) is 8.27. The minimum Gasteiger partial charge on any atom is -0.461 e. The van der Waals surface area contributed by atoms with Gasteiger partial charge in [-0.2, -0.15) is 0 Å². The molecule has 2 rings (SSSR count). The van der Waals surface area contributed by atoms with Crippen LogP contribution >= 0.6 is 0 Å². The van der Waals surface area contributed by atoms with Gasteiger partial charge in [0.25, 0.3) is 0 Å². The highest BCUT2D eigenvalue weighted by molar-refractivity contribution is 5.95. The molecule has 19 heavy (non-hydrogen) atoms. The lowest BCUT2D eigenvalue weighted by atomic mass is 9.89. The van der Waals surface area contributed by atoms with E-state index < -0.39 is 0 Å². The van der Waals surface area contributed by atoms with Crippen LogP contribution in [0.2, 0.25) is 0 Å². The number of rotatable bonds is 5. The molecule has 0 N–H and O–H groups in total. The third kappa shape index (κ3) is 2.56. The summed E-state index contributed by atoms with van der Waals surface area (Å²) in [5.41, 5.74) is -0.176. The molecule has 0 amide bonds. The maximum Gasteiger partial charge on any atom is 0.310 e. The van der Waals surface area contributed by atoms with Crippen LogP contribution in [-0.4, -0.2) is 17.9 Å². The van der Waals surface area contributed by atoms with E-state index in [9.17, 15) is 9.59 Å². The average molecular weight is 266 g/mol. The van der Waals surface area contributed by atoms with E-state index in [2.05, 4.69) is 13.8 Å². The zero-order chi connectivity index (χ0) is 14.2. The largest absolute Gasteiger partial charge is 0.461 e. The molecule has 1 saturated carbocycles. The maximum absolute atomic E-state index is 12.3. The second-order valence-electron chi connectivity index (χ2n) is 6.73. The molecule has 0 spiro atoms. The Kier molecular flexibility index (Phi) is 4.03. The van der Waals surface area contributed by atoms with Gasteiger partial charge in [-0.05, 0) is 24.2 Å². The summed E-state index contributed by atoms with van der Waals surface area (Å²) in [6.07, 6.45) is 4.56. The van der Waals surface area contributed by atoms with E-state index in [0.717, 1.165) is 25.7 Å². The number of carbonyl (C=O) groups is 2. The van der Waals surface area contributed by atoms with Crippen molar-refractivity contribution >= 4 is 11.8 Å². The quantitative estimate of drug-likeness (QED) is 0.717. The molecular formula is C16H26O3. The first-order chi connectivity index (χ1) is 8.93. The molecule has 108 valence electrons. The van der Waals surface area contributed by atoms with Crippen molar-refractivity contribution in [1.29, 1.82) is 0 Å². The highest BCUT2D eigenvalue weighted by Crippen LogP contribution is 2.61. The van der Waals surface area contributed by atoms with E-state index in [4.69, 9.17) is 4.74 Å². The summed E-state index contributed by atoms with van der Waals surface area (Å²) < 4.78 is 5.66. The topological polar surface area (TPSA) is 43.4 Å².